The standard InChI is InChI=1S/C8H8F2N2OS/c9-7(10)4-13-5-1-2-6(8(11)14)12-3-5/h1-3,7H,4H2,(H2,11,14). The molecule has 0 atom stereocenters. The van der Waals surface area contributed by atoms with E-state index in [1.165, 1.54) is 18.3 Å². The molecule has 1 aromatic rings. The number of nitrogens with two attached hydrogens (primary N) is 1. The summed E-state index contributed by atoms with van der Waals surface area (Å²) < 4.78 is 28.2. The van der Waals surface area contributed by atoms with E-state index in [0.29, 0.717) is 5.69 Å². The quantitative estimate of drug-likeness (QED) is 0.775. The number of pyridine rings is 1. The largest absolute Gasteiger partial charge is 0.486 e. The molecule has 0 unspecified atom stereocenters. The molecule has 0 aliphatic rings. The highest BCUT2D eigenvalue weighted by atomic mass is 32.1. The van der Waals surface area contributed by atoms with Gasteiger partial charge in [-0.3, -0.25) is 0 Å². The summed E-state index contributed by atoms with van der Waals surface area (Å²) in [4.78, 5) is 3.98. The van der Waals surface area contributed by atoms with Crippen molar-refractivity contribution in [3.8, 4) is 5.75 Å². The molecule has 6 heteroatoms. The van der Waals surface area contributed by atoms with Crippen LogP contribution in [0, 0.1) is 0 Å². The molecule has 0 fully saturated rings. The maximum atomic E-state index is 11.7. The van der Waals surface area contributed by atoms with Crippen molar-refractivity contribution in [1.29, 1.82) is 0 Å². The van der Waals surface area contributed by atoms with E-state index < -0.39 is 13.0 Å². The highest BCUT2D eigenvalue weighted by Crippen LogP contribution is 2.10. The molecule has 0 radical (unpaired) electrons. The molecule has 76 valence electrons. The lowest BCUT2D eigenvalue weighted by molar-refractivity contribution is 0.0817. The monoisotopic (exact) mass is 218 g/mol. The Morgan fingerprint density at radius 2 is 2.29 bits per heavy atom. The van der Waals surface area contributed by atoms with Gasteiger partial charge in [-0.15, -0.1) is 0 Å². The van der Waals surface area contributed by atoms with Gasteiger partial charge in [-0.1, -0.05) is 12.2 Å². The summed E-state index contributed by atoms with van der Waals surface area (Å²) in [6, 6.07) is 3.01. The SMILES string of the molecule is NC(=S)c1ccc(OCC(F)F)cn1. The first-order chi connectivity index (χ1) is 6.59. The predicted octanol–water partition coefficient (Wildman–Crippen LogP) is 1.36. The van der Waals surface area contributed by atoms with Gasteiger partial charge in [-0.25, -0.2) is 13.8 Å². The van der Waals surface area contributed by atoms with Crippen LogP contribution in [0.1, 0.15) is 5.69 Å². The van der Waals surface area contributed by atoms with Crippen molar-refractivity contribution in [2.24, 2.45) is 5.73 Å². The number of aromatic nitrogens is 1. The molecule has 1 aromatic heterocycles. The molecule has 1 heterocycles. The molecule has 0 aliphatic heterocycles. The van der Waals surface area contributed by atoms with Crippen molar-refractivity contribution < 1.29 is 13.5 Å². The molecule has 3 nitrogen and oxygen atoms in total. The molecule has 0 saturated heterocycles. The van der Waals surface area contributed by atoms with Crippen molar-refractivity contribution in [3.63, 3.8) is 0 Å². The summed E-state index contributed by atoms with van der Waals surface area (Å²) >= 11 is 4.67. The minimum absolute atomic E-state index is 0.158. The second-order valence-electron chi connectivity index (χ2n) is 2.45. The predicted molar refractivity (Wildman–Crippen MR) is 51.6 cm³/mol. The average molecular weight is 218 g/mol. The van der Waals surface area contributed by atoms with E-state index in [1.807, 2.05) is 0 Å². The molecule has 0 amide bonds. The van der Waals surface area contributed by atoms with Crippen molar-refractivity contribution in [3.05, 3.63) is 24.0 Å². The van der Waals surface area contributed by atoms with Crippen LogP contribution in [-0.2, 0) is 0 Å². The van der Waals surface area contributed by atoms with Gasteiger partial charge in [0, 0.05) is 0 Å². The molecular formula is C8H8F2N2OS. The minimum atomic E-state index is -2.50. The Morgan fingerprint density at radius 3 is 2.71 bits per heavy atom. The van der Waals surface area contributed by atoms with E-state index in [9.17, 15) is 8.78 Å². The summed E-state index contributed by atoms with van der Waals surface area (Å²) in [7, 11) is 0. The van der Waals surface area contributed by atoms with Crippen LogP contribution in [0.3, 0.4) is 0 Å². The van der Waals surface area contributed by atoms with Crippen molar-refractivity contribution in [2.75, 3.05) is 6.61 Å². The highest BCUT2D eigenvalue weighted by molar-refractivity contribution is 7.80. The van der Waals surface area contributed by atoms with Crippen LogP contribution in [0.5, 0.6) is 5.75 Å². The zero-order chi connectivity index (χ0) is 10.6. The van der Waals surface area contributed by atoms with E-state index >= 15 is 0 Å². The van der Waals surface area contributed by atoms with Gasteiger partial charge >= 0.3 is 0 Å². The molecule has 0 aliphatic carbocycles. The number of hydrogen-bond acceptors (Lipinski definition) is 3. The Kier molecular flexibility index (Phi) is 3.70. The van der Waals surface area contributed by atoms with Gasteiger partial charge in [0.1, 0.15) is 17.3 Å². The Labute approximate surface area is 84.9 Å². The maximum Gasteiger partial charge on any atom is 0.272 e. The number of ether oxygens (including phenoxy) is 1. The molecule has 0 spiro atoms. The van der Waals surface area contributed by atoms with Crippen LogP contribution in [0.4, 0.5) is 8.78 Å². The van der Waals surface area contributed by atoms with Gasteiger partial charge in [-0.05, 0) is 12.1 Å². The number of alkyl halides is 2. The van der Waals surface area contributed by atoms with Gasteiger partial charge < -0.3 is 10.5 Å². The van der Waals surface area contributed by atoms with E-state index in [2.05, 4.69) is 17.2 Å². The second kappa shape index (κ2) is 4.80. The van der Waals surface area contributed by atoms with E-state index in [-0.39, 0.29) is 10.7 Å². The fraction of sp³-hybridized carbons (Fsp3) is 0.250. The van der Waals surface area contributed by atoms with Crippen molar-refractivity contribution >= 4 is 17.2 Å². The number of hydrogen-bond donors (Lipinski definition) is 1. The normalized spacial score (nSPS) is 10.2. The zero-order valence-electron chi connectivity index (χ0n) is 7.11. The maximum absolute atomic E-state index is 11.7. The number of thiocarbonyl (C=S) groups is 1. The molecule has 1 rings (SSSR count). The Bertz CT molecular complexity index is 316. The summed E-state index contributed by atoms with van der Waals surface area (Å²) in [5.74, 6) is 0.269. The lowest BCUT2D eigenvalue weighted by atomic mass is 10.3. The summed E-state index contributed by atoms with van der Waals surface area (Å²) in [6.45, 7) is -0.645. The van der Waals surface area contributed by atoms with E-state index in [4.69, 9.17) is 10.5 Å². The summed E-state index contributed by atoms with van der Waals surface area (Å²) in [5.41, 5.74) is 5.73. The summed E-state index contributed by atoms with van der Waals surface area (Å²) in [5, 5.41) is 0. The number of rotatable bonds is 4. The average Bonchev–Trinajstić information content (AvgIpc) is 2.15. The Morgan fingerprint density at radius 1 is 1.57 bits per heavy atom. The fourth-order valence-electron chi connectivity index (χ4n) is 0.771. The van der Waals surface area contributed by atoms with Crippen LogP contribution >= 0.6 is 12.2 Å². The second-order valence-corrected chi connectivity index (χ2v) is 2.89. The molecule has 2 N–H and O–H groups in total. The number of halogens is 2. The molecular weight excluding hydrogens is 210 g/mol. The first kappa shape index (κ1) is 10.8. The van der Waals surface area contributed by atoms with Gasteiger partial charge in [-0.2, -0.15) is 0 Å². The van der Waals surface area contributed by atoms with Crippen LogP contribution in [0.25, 0.3) is 0 Å². The van der Waals surface area contributed by atoms with Gasteiger partial charge in [0.15, 0.2) is 0 Å². The molecule has 0 aromatic carbocycles. The van der Waals surface area contributed by atoms with E-state index in [0.717, 1.165) is 0 Å². The molecule has 0 saturated carbocycles. The lowest BCUT2D eigenvalue weighted by Crippen LogP contribution is -2.12. The first-order valence-electron chi connectivity index (χ1n) is 3.76. The van der Waals surface area contributed by atoms with Crippen LogP contribution in [0.2, 0.25) is 0 Å². The van der Waals surface area contributed by atoms with Crippen LogP contribution < -0.4 is 10.5 Å². The zero-order valence-corrected chi connectivity index (χ0v) is 7.93. The van der Waals surface area contributed by atoms with Gasteiger partial charge in [0.2, 0.25) is 0 Å². The smallest absolute Gasteiger partial charge is 0.272 e. The Hall–Kier alpha value is -1.30. The topological polar surface area (TPSA) is 48.1 Å². The lowest BCUT2D eigenvalue weighted by Gasteiger charge is -2.04. The fourth-order valence-corrected chi connectivity index (χ4v) is 0.891. The van der Waals surface area contributed by atoms with Gasteiger partial charge in [0.05, 0.1) is 11.9 Å². The van der Waals surface area contributed by atoms with Crippen molar-refractivity contribution in [1.82, 2.24) is 4.98 Å². The van der Waals surface area contributed by atoms with E-state index in [1.54, 1.807) is 0 Å². The Balaban J connectivity index is 2.60. The van der Waals surface area contributed by atoms with Crippen molar-refractivity contribution in [2.45, 2.75) is 6.43 Å². The van der Waals surface area contributed by atoms with Crippen LogP contribution in [-0.4, -0.2) is 23.0 Å². The number of nitrogens with zero attached hydrogens (tertiary/aromatic N) is 1. The third-order valence-corrected chi connectivity index (χ3v) is 1.57. The van der Waals surface area contributed by atoms with Gasteiger partial charge in [0.25, 0.3) is 6.43 Å². The first-order valence-corrected chi connectivity index (χ1v) is 4.17. The summed E-state index contributed by atoms with van der Waals surface area (Å²) in [6.07, 6.45) is -1.19. The van der Waals surface area contributed by atoms with Crippen LogP contribution in [0.15, 0.2) is 18.3 Å². The third kappa shape index (κ3) is 3.21. The highest BCUT2D eigenvalue weighted by Gasteiger charge is 2.04. The minimum Gasteiger partial charge on any atom is -0.486 e. The molecule has 14 heavy (non-hydrogen) atoms. The third-order valence-electron chi connectivity index (χ3n) is 1.36. The molecule has 0 bridgehead atoms.